The van der Waals surface area contributed by atoms with Gasteiger partial charge >= 0.3 is 11.9 Å². The quantitative estimate of drug-likeness (QED) is 0.199. The van der Waals surface area contributed by atoms with E-state index in [0.29, 0.717) is 0 Å². The zero-order chi connectivity index (χ0) is 17.6. The molecule has 1 aromatic rings. The molecule has 124 valence electrons. The minimum atomic E-state index is -0.900. The van der Waals surface area contributed by atoms with Gasteiger partial charge in [-0.1, -0.05) is 0 Å². The molecular weight excluding hydrogens is 305 g/mol. The highest BCUT2D eigenvalue weighted by Gasteiger charge is 2.24. The Bertz CT molecular complexity index is 652. The van der Waals surface area contributed by atoms with Crippen LogP contribution in [0.25, 0.3) is 0 Å². The maximum absolute atomic E-state index is 14.1. The minimum Gasteiger partial charge on any atom is -0.462 e. The molecule has 0 amide bonds. The molecule has 0 spiro atoms. The molecule has 0 aromatic heterocycles. The van der Waals surface area contributed by atoms with Crippen molar-refractivity contribution in [2.45, 2.75) is 13.8 Å². The Hall–Kier alpha value is -2.70. The second-order valence-electron chi connectivity index (χ2n) is 4.79. The first-order chi connectivity index (χ1) is 10.8. The number of hydrogen-bond acceptors (Lipinski definition) is 6. The lowest BCUT2D eigenvalue weighted by molar-refractivity contribution is -0.138. The molecule has 1 aromatic carbocycles. The number of benzene rings is 1. The maximum Gasteiger partial charge on any atom is 0.343 e. The van der Waals surface area contributed by atoms with Crippen molar-refractivity contribution in [3.63, 3.8) is 0 Å². The topological polar surface area (TPSA) is 72.9 Å². The molecule has 0 saturated heterocycles. The van der Waals surface area contributed by atoms with Crippen molar-refractivity contribution in [2.75, 3.05) is 20.7 Å². The van der Waals surface area contributed by atoms with E-state index in [1.165, 1.54) is 24.1 Å². The van der Waals surface area contributed by atoms with Gasteiger partial charge in [-0.2, -0.15) is 0 Å². The van der Waals surface area contributed by atoms with Crippen LogP contribution in [0.15, 0.2) is 30.0 Å². The zero-order valence-electron chi connectivity index (χ0n) is 13.4. The van der Waals surface area contributed by atoms with Gasteiger partial charge in [0.1, 0.15) is 17.1 Å². The average Bonchev–Trinajstić information content (AvgIpc) is 2.43. The number of esters is 2. The third kappa shape index (κ3) is 5.21. The molecule has 0 unspecified atom stereocenters. The smallest absolute Gasteiger partial charge is 0.343 e. The molecule has 6 nitrogen and oxygen atoms in total. The Morgan fingerprint density at radius 2 is 1.91 bits per heavy atom. The van der Waals surface area contributed by atoms with Crippen LogP contribution in [-0.2, 0) is 14.3 Å². The van der Waals surface area contributed by atoms with E-state index < -0.39 is 23.5 Å². The fourth-order valence-corrected chi connectivity index (χ4v) is 1.73. The predicted octanol–water partition coefficient (Wildman–Crippen LogP) is 1.94. The third-order valence-corrected chi connectivity index (χ3v) is 2.57. The van der Waals surface area contributed by atoms with Gasteiger partial charge in [-0.25, -0.2) is 9.18 Å². The number of rotatable bonds is 6. The standard InChI is InChI=1S/C16H18FNO5/c1-5-22-16(21)13(9-18(3)4)15(20)12-7-6-11(8-14(12)17)23-10(2)19/h6-9H,5H2,1-4H3. The van der Waals surface area contributed by atoms with E-state index in [4.69, 9.17) is 9.47 Å². The summed E-state index contributed by atoms with van der Waals surface area (Å²) in [4.78, 5) is 36.6. The Kier molecular flexibility index (Phi) is 6.44. The van der Waals surface area contributed by atoms with E-state index in [1.54, 1.807) is 21.0 Å². The van der Waals surface area contributed by atoms with Crippen LogP contribution in [0.4, 0.5) is 4.39 Å². The fraction of sp³-hybridized carbons (Fsp3) is 0.312. The molecule has 23 heavy (non-hydrogen) atoms. The largest absolute Gasteiger partial charge is 0.462 e. The van der Waals surface area contributed by atoms with Gasteiger partial charge in [0.25, 0.3) is 0 Å². The van der Waals surface area contributed by atoms with Gasteiger partial charge in [-0.05, 0) is 19.1 Å². The molecule has 0 heterocycles. The van der Waals surface area contributed by atoms with Crippen LogP contribution in [-0.4, -0.2) is 43.3 Å². The molecule has 0 bridgehead atoms. The summed E-state index contributed by atoms with van der Waals surface area (Å²) in [6, 6.07) is 3.34. The molecule has 1 rings (SSSR count). The average molecular weight is 323 g/mol. The maximum atomic E-state index is 14.1. The van der Waals surface area contributed by atoms with Gasteiger partial charge in [0.15, 0.2) is 0 Å². The van der Waals surface area contributed by atoms with Crippen molar-refractivity contribution in [3.05, 3.63) is 41.4 Å². The summed E-state index contributed by atoms with van der Waals surface area (Å²) in [7, 11) is 3.24. The fourth-order valence-electron chi connectivity index (χ4n) is 1.73. The first-order valence-electron chi connectivity index (χ1n) is 6.84. The normalized spacial score (nSPS) is 10.9. The molecule has 0 saturated carbocycles. The Labute approximate surface area is 133 Å². The first-order valence-corrected chi connectivity index (χ1v) is 6.84. The summed E-state index contributed by atoms with van der Waals surface area (Å²) >= 11 is 0. The Morgan fingerprint density at radius 1 is 1.26 bits per heavy atom. The van der Waals surface area contributed by atoms with Crippen LogP contribution in [0.2, 0.25) is 0 Å². The van der Waals surface area contributed by atoms with Crippen molar-refractivity contribution in [3.8, 4) is 5.75 Å². The number of carbonyl (C=O) groups is 3. The summed E-state index contributed by atoms with van der Waals surface area (Å²) in [5.41, 5.74) is -0.613. The van der Waals surface area contributed by atoms with E-state index in [0.717, 1.165) is 12.1 Å². The molecule has 0 aliphatic heterocycles. The lowest BCUT2D eigenvalue weighted by Crippen LogP contribution is -2.20. The van der Waals surface area contributed by atoms with Crippen molar-refractivity contribution in [1.82, 2.24) is 4.90 Å². The molecule has 0 aliphatic carbocycles. The van der Waals surface area contributed by atoms with E-state index in [2.05, 4.69) is 0 Å². The van der Waals surface area contributed by atoms with Crippen LogP contribution in [0.3, 0.4) is 0 Å². The van der Waals surface area contributed by atoms with Crippen LogP contribution < -0.4 is 4.74 Å². The van der Waals surface area contributed by atoms with Gasteiger partial charge in [0.05, 0.1) is 12.2 Å². The number of hydrogen-bond donors (Lipinski definition) is 0. The highest BCUT2D eigenvalue weighted by molar-refractivity contribution is 6.24. The molecule has 7 heteroatoms. The van der Waals surface area contributed by atoms with Crippen molar-refractivity contribution in [2.24, 2.45) is 0 Å². The van der Waals surface area contributed by atoms with E-state index in [1.807, 2.05) is 0 Å². The van der Waals surface area contributed by atoms with E-state index in [-0.39, 0.29) is 23.5 Å². The molecule has 0 N–H and O–H groups in total. The number of ketones is 1. The molecule has 0 aliphatic rings. The summed E-state index contributed by atoms with van der Waals surface area (Å²) in [5.74, 6) is -3.19. The third-order valence-electron chi connectivity index (χ3n) is 2.57. The second kappa shape index (κ2) is 8.07. The number of ether oxygens (including phenoxy) is 2. The van der Waals surface area contributed by atoms with Gasteiger partial charge in [0.2, 0.25) is 5.78 Å². The Morgan fingerprint density at radius 3 is 2.39 bits per heavy atom. The lowest BCUT2D eigenvalue weighted by Gasteiger charge is -2.11. The second-order valence-corrected chi connectivity index (χ2v) is 4.79. The molecule has 0 radical (unpaired) electrons. The van der Waals surface area contributed by atoms with E-state index in [9.17, 15) is 18.8 Å². The van der Waals surface area contributed by atoms with Crippen LogP contribution >= 0.6 is 0 Å². The zero-order valence-corrected chi connectivity index (χ0v) is 13.4. The van der Waals surface area contributed by atoms with Crippen LogP contribution in [0.1, 0.15) is 24.2 Å². The number of nitrogens with zero attached hydrogens (tertiary/aromatic N) is 1. The Balaban J connectivity index is 3.18. The number of halogens is 1. The number of carbonyl (C=O) groups excluding carboxylic acids is 3. The van der Waals surface area contributed by atoms with Crippen LogP contribution in [0, 0.1) is 5.82 Å². The lowest BCUT2D eigenvalue weighted by atomic mass is 10.0. The van der Waals surface area contributed by atoms with Crippen molar-refractivity contribution >= 4 is 17.7 Å². The summed E-state index contributed by atoms with van der Waals surface area (Å²) in [5, 5.41) is 0. The minimum absolute atomic E-state index is 0.0270. The van der Waals surface area contributed by atoms with Gasteiger partial charge in [0, 0.05) is 33.3 Å². The summed E-state index contributed by atoms with van der Waals surface area (Å²) in [6.45, 7) is 2.87. The highest BCUT2D eigenvalue weighted by Crippen LogP contribution is 2.20. The van der Waals surface area contributed by atoms with Gasteiger partial charge in [-0.3, -0.25) is 9.59 Å². The highest BCUT2D eigenvalue weighted by atomic mass is 19.1. The van der Waals surface area contributed by atoms with Gasteiger partial charge in [-0.15, -0.1) is 0 Å². The predicted molar refractivity (Wildman–Crippen MR) is 80.4 cm³/mol. The molecule has 0 atom stereocenters. The van der Waals surface area contributed by atoms with Crippen molar-refractivity contribution < 1.29 is 28.2 Å². The first kappa shape index (κ1) is 18.3. The summed E-state index contributed by atoms with van der Waals surface area (Å²) in [6.07, 6.45) is 1.26. The van der Waals surface area contributed by atoms with Crippen molar-refractivity contribution in [1.29, 1.82) is 0 Å². The SMILES string of the molecule is CCOC(=O)C(=CN(C)C)C(=O)c1ccc(OC(C)=O)cc1F. The summed E-state index contributed by atoms with van der Waals surface area (Å²) < 4.78 is 23.6. The molecule has 0 fully saturated rings. The monoisotopic (exact) mass is 323 g/mol. The van der Waals surface area contributed by atoms with Crippen LogP contribution in [0.5, 0.6) is 5.75 Å². The molecular formula is C16H18FNO5. The van der Waals surface area contributed by atoms with Gasteiger partial charge < -0.3 is 14.4 Å². The number of Topliss-reactive ketones (excluding diaryl/α,β-unsaturated/α-hetero) is 1. The van der Waals surface area contributed by atoms with E-state index >= 15 is 0 Å².